The standard InChI is InChI=1S/C31H20ClFN2O2S/c32-21-10-5-19(6-11-21)26-16-14-23(37-26)17-27-30(36)35-29(20-7-12-22(33)13-8-20)25-15-9-18-3-1-2-4-24(18)28(25)34-31(35)38-27/h1-8,10-14,16-17,29H,9,15H2/b27-17+/t29-/m1/s1. The Morgan fingerprint density at radius 1 is 0.974 bits per heavy atom. The highest BCUT2D eigenvalue weighted by Gasteiger charge is 2.32. The molecule has 5 aromatic rings. The van der Waals surface area contributed by atoms with Crippen LogP contribution in [0.25, 0.3) is 23.1 Å². The minimum Gasteiger partial charge on any atom is -0.457 e. The molecule has 186 valence electrons. The summed E-state index contributed by atoms with van der Waals surface area (Å²) < 4.78 is 22.2. The van der Waals surface area contributed by atoms with Crippen molar-refractivity contribution in [2.45, 2.75) is 18.9 Å². The molecular weight excluding hydrogens is 519 g/mol. The van der Waals surface area contributed by atoms with Gasteiger partial charge in [-0.1, -0.05) is 59.3 Å². The summed E-state index contributed by atoms with van der Waals surface area (Å²) >= 11 is 7.35. The number of fused-ring (bicyclic) bond motifs is 3. The number of aromatic nitrogens is 1. The number of aryl methyl sites for hydroxylation is 1. The molecule has 2 aliphatic rings. The van der Waals surface area contributed by atoms with E-state index in [1.54, 1.807) is 22.8 Å². The molecule has 0 fully saturated rings. The Bertz CT molecular complexity index is 1910. The monoisotopic (exact) mass is 538 g/mol. The zero-order valence-electron chi connectivity index (χ0n) is 20.0. The minimum atomic E-state index is -0.349. The largest absolute Gasteiger partial charge is 0.457 e. The fourth-order valence-corrected chi connectivity index (χ4v) is 6.40. The van der Waals surface area contributed by atoms with Gasteiger partial charge >= 0.3 is 0 Å². The third-order valence-electron chi connectivity index (χ3n) is 7.09. The van der Waals surface area contributed by atoms with E-state index in [0.717, 1.165) is 40.8 Å². The molecular formula is C31H20ClFN2O2S. The molecule has 3 heterocycles. The molecule has 3 aromatic carbocycles. The van der Waals surface area contributed by atoms with Crippen LogP contribution in [0.3, 0.4) is 0 Å². The van der Waals surface area contributed by atoms with Crippen molar-refractivity contribution in [2.75, 3.05) is 0 Å². The van der Waals surface area contributed by atoms with Gasteiger partial charge in [0.15, 0.2) is 4.80 Å². The highest BCUT2D eigenvalue weighted by atomic mass is 35.5. The van der Waals surface area contributed by atoms with Gasteiger partial charge in [-0.25, -0.2) is 9.38 Å². The van der Waals surface area contributed by atoms with E-state index in [-0.39, 0.29) is 17.4 Å². The second-order valence-corrected chi connectivity index (χ2v) is 10.8. The molecule has 0 unspecified atom stereocenters. The van der Waals surface area contributed by atoms with E-state index in [2.05, 4.69) is 12.1 Å². The van der Waals surface area contributed by atoms with E-state index < -0.39 is 0 Å². The van der Waals surface area contributed by atoms with Crippen LogP contribution in [0, 0.1) is 5.82 Å². The summed E-state index contributed by atoms with van der Waals surface area (Å²) in [6.45, 7) is 0. The van der Waals surface area contributed by atoms with Crippen molar-refractivity contribution in [3.8, 4) is 11.3 Å². The summed E-state index contributed by atoms with van der Waals surface area (Å²) in [5.41, 5.74) is 5.96. The lowest BCUT2D eigenvalue weighted by Crippen LogP contribution is -2.38. The molecule has 0 saturated carbocycles. The first-order valence-corrected chi connectivity index (χ1v) is 13.5. The van der Waals surface area contributed by atoms with Crippen LogP contribution < -0.4 is 14.9 Å². The number of hydrogen-bond acceptors (Lipinski definition) is 4. The van der Waals surface area contributed by atoms with Crippen LogP contribution in [0.15, 0.2) is 105 Å². The van der Waals surface area contributed by atoms with Crippen molar-refractivity contribution in [1.29, 1.82) is 0 Å². The summed E-state index contributed by atoms with van der Waals surface area (Å²) in [7, 11) is 0. The first-order chi connectivity index (χ1) is 18.5. The Morgan fingerprint density at radius 3 is 2.58 bits per heavy atom. The van der Waals surface area contributed by atoms with Crippen LogP contribution >= 0.6 is 22.9 Å². The lowest BCUT2D eigenvalue weighted by Gasteiger charge is -2.30. The molecule has 4 nitrogen and oxygen atoms in total. The van der Waals surface area contributed by atoms with Crippen LogP contribution in [0.1, 0.15) is 34.9 Å². The van der Waals surface area contributed by atoms with Gasteiger partial charge in [-0.3, -0.25) is 9.36 Å². The number of thiazole rings is 1. The average molecular weight is 539 g/mol. The lowest BCUT2D eigenvalue weighted by molar-refractivity contribution is 0.570. The van der Waals surface area contributed by atoms with E-state index in [0.29, 0.717) is 25.9 Å². The van der Waals surface area contributed by atoms with Crippen molar-refractivity contribution >= 4 is 34.7 Å². The summed E-state index contributed by atoms with van der Waals surface area (Å²) in [5, 5.41) is 0.655. The van der Waals surface area contributed by atoms with Gasteiger partial charge in [-0.05, 0) is 78.1 Å². The Balaban J connectivity index is 1.39. The van der Waals surface area contributed by atoms with Crippen LogP contribution in [0.2, 0.25) is 5.02 Å². The summed E-state index contributed by atoms with van der Waals surface area (Å²) in [4.78, 5) is 19.5. The number of benzene rings is 3. The zero-order valence-corrected chi connectivity index (χ0v) is 21.6. The average Bonchev–Trinajstić information content (AvgIpc) is 3.53. The van der Waals surface area contributed by atoms with Crippen LogP contribution in [0.5, 0.6) is 0 Å². The number of hydrogen-bond donors (Lipinski definition) is 0. The van der Waals surface area contributed by atoms with Gasteiger partial charge in [0.25, 0.3) is 5.56 Å². The van der Waals surface area contributed by atoms with Gasteiger partial charge < -0.3 is 4.42 Å². The topological polar surface area (TPSA) is 47.5 Å². The van der Waals surface area contributed by atoms with E-state index in [1.165, 1.54) is 29.0 Å². The molecule has 0 N–H and O–H groups in total. The summed E-state index contributed by atoms with van der Waals surface area (Å²) in [5.74, 6) is 0.961. The molecule has 0 spiro atoms. The molecule has 38 heavy (non-hydrogen) atoms. The molecule has 1 aliphatic heterocycles. The SMILES string of the molecule is O=c1/c(=C\c2ccc(-c3ccc(Cl)cc3)o2)sc2n1[C@H](c1ccc(F)cc1)C1=C(N=2)c2ccccc2CC1. The van der Waals surface area contributed by atoms with Gasteiger partial charge in [0.2, 0.25) is 0 Å². The van der Waals surface area contributed by atoms with Crippen LogP contribution in [-0.2, 0) is 6.42 Å². The van der Waals surface area contributed by atoms with Crippen molar-refractivity contribution in [3.63, 3.8) is 0 Å². The Hall–Kier alpha value is -4.00. The third-order valence-corrected chi connectivity index (χ3v) is 8.32. The highest BCUT2D eigenvalue weighted by molar-refractivity contribution is 7.07. The predicted octanol–water partition coefficient (Wildman–Crippen LogP) is 6.37. The zero-order chi connectivity index (χ0) is 25.8. The third kappa shape index (κ3) is 3.88. The highest BCUT2D eigenvalue weighted by Crippen LogP contribution is 2.41. The van der Waals surface area contributed by atoms with Crippen LogP contribution in [0.4, 0.5) is 4.39 Å². The Morgan fingerprint density at radius 2 is 1.76 bits per heavy atom. The van der Waals surface area contributed by atoms with Gasteiger partial charge in [-0.15, -0.1) is 0 Å². The molecule has 1 aliphatic carbocycles. The number of nitrogens with zero attached hydrogens (tertiary/aromatic N) is 2. The second-order valence-electron chi connectivity index (χ2n) is 9.37. The lowest BCUT2D eigenvalue weighted by atomic mass is 9.83. The molecule has 0 bridgehead atoms. The first kappa shape index (κ1) is 23.1. The second kappa shape index (κ2) is 9.08. The summed E-state index contributed by atoms with van der Waals surface area (Å²) in [6.07, 6.45) is 3.42. The predicted molar refractivity (Wildman–Crippen MR) is 148 cm³/mol. The van der Waals surface area contributed by atoms with E-state index in [9.17, 15) is 9.18 Å². The number of furan rings is 1. The van der Waals surface area contributed by atoms with Crippen molar-refractivity contribution in [2.24, 2.45) is 4.99 Å². The van der Waals surface area contributed by atoms with Crippen LogP contribution in [-0.4, -0.2) is 4.57 Å². The first-order valence-electron chi connectivity index (χ1n) is 12.3. The molecule has 7 heteroatoms. The normalized spacial score (nSPS) is 16.6. The molecule has 1 atom stereocenters. The minimum absolute atomic E-state index is 0.141. The van der Waals surface area contributed by atoms with E-state index in [4.69, 9.17) is 21.0 Å². The fourth-order valence-electron chi connectivity index (χ4n) is 5.30. The van der Waals surface area contributed by atoms with Gasteiger partial charge in [0.05, 0.1) is 16.3 Å². The van der Waals surface area contributed by atoms with Crippen molar-refractivity contribution in [1.82, 2.24) is 4.57 Å². The molecule has 0 saturated heterocycles. The fraction of sp³-hybridized carbons (Fsp3) is 0.0968. The quantitative estimate of drug-likeness (QED) is 0.268. The van der Waals surface area contributed by atoms with Crippen molar-refractivity contribution < 1.29 is 8.81 Å². The van der Waals surface area contributed by atoms with Gasteiger partial charge in [0, 0.05) is 22.2 Å². The number of allylic oxidation sites excluding steroid dienone is 1. The Labute approximate surface area is 226 Å². The van der Waals surface area contributed by atoms with E-state index in [1.807, 2.05) is 48.5 Å². The molecule has 0 radical (unpaired) electrons. The number of halogens is 2. The molecule has 7 rings (SSSR count). The Kier molecular flexibility index (Phi) is 5.53. The molecule has 2 aromatic heterocycles. The maximum atomic E-state index is 13.8. The maximum absolute atomic E-state index is 13.8. The van der Waals surface area contributed by atoms with Gasteiger partial charge in [-0.2, -0.15) is 0 Å². The van der Waals surface area contributed by atoms with Crippen molar-refractivity contribution in [3.05, 3.63) is 143 Å². The smallest absolute Gasteiger partial charge is 0.271 e. The van der Waals surface area contributed by atoms with Gasteiger partial charge in [0.1, 0.15) is 17.3 Å². The van der Waals surface area contributed by atoms with E-state index >= 15 is 0 Å². The maximum Gasteiger partial charge on any atom is 0.271 e. The molecule has 0 amide bonds. The summed E-state index contributed by atoms with van der Waals surface area (Å²) in [6, 6.07) is 25.5. The number of rotatable bonds is 3.